The van der Waals surface area contributed by atoms with E-state index in [9.17, 15) is 18.0 Å². The predicted octanol–water partition coefficient (Wildman–Crippen LogP) is 3.45. The second-order valence-electron chi connectivity index (χ2n) is 6.14. The SMILES string of the molecule is Cc1ccccc1Cn1cnc(NC(=O)Cn2nc(C(F)(F)F)c(Cl)c2C)n1. The minimum Gasteiger partial charge on any atom is -0.292 e. The lowest BCUT2D eigenvalue weighted by atomic mass is 10.1. The predicted molar refractivity (Wildman–Crippen MR) is 95.9 cm³/mol. The zero-order valence-corrected chi connectivity index (χ0v) is 15.7. The molecule has 7 nitrogen and oxygen atoms in total. The fourth-order valence-corrected chi connectivity index (χ4v) is 2.79. The third-order valence-corrected chi connectivity index (χ3v) is 4.53. The third kappa shape index (κ3) is 4.33. The molecule has 0 radical (unpaired) electrons. The van der Waals surface area contributed by atoms with Crippen molar-refractivity contribution in [1.29, 1.82) is 0 Å². The van der Waals surface area contributed by atoms with Crippen molar-refractivity contribution in [3.05, 3.63) is 58.1 Å². The Morgan fingerprint density at radius 3 is 2.57 bits per heavy atom. The molecule has 2 heterocycles. The van der Waals surface area contributed by atoms with Crippen LogP contribution >= 0.6 is 11.6 Å². The summed E-state index contributed by atoms with van der Waals surface area (Å²) in [6.45, 7) is 3.35. The lowest BCUT2D eigenvalue weighted by Crippen LogP contribution is -2.21. The summed E-state index contributed by atoms with van der Waals surface area (Å²) in [5.41, 5.74) is 0.962. The molecule has 3 aromatic rings. The average Bonchev–Trinajstić information content (AvgIpc) is 3.16. The smallest absolute Gasteiger partial charge is 0.292 e. The maximum atomic E-state index is 12.9. The molecule has 148 valence electrons. The largest absolute Gasteiger partial charge is 0.436 e. The van der Waals surface area contributed by atoms with E-state index in [1.165, 1.54) is 13.3 Å². The average molecular weight is 413 g/mol. The van der Waals surface area contributed by atoms with Gasteiger partial charge < -0.3 is 0 Å². The molecule has 11 heteroatoms. The van der Waals surface area contributed by atoms with Crippen LogP contribution in [0.2, 0.25) is 5.02 Å². The topological polar surface area (TPSA) is 77.6 Å². The minimum absolute atomic E-state index is 0.0437. The van der Waals surface area contributed by atoms with Gasteiger partial charge in [0, 0.05) is 0 Å². The van der Waals surface area contributed by atoms with Crippen LogP contribution in [-0.4, -0.2) is 30.5 Å². The van der Waals surface area contributed by atoms with E-state index in [-0.39, 0.29) is 11.6 Å². The Morgan fingerprint density at radius 1 is 1.21 bits per heavy atom. The number of rotatable bonds is 5. The van der Waals surface area contributed by atoms with Crippen molar-refractivity contribution in [1.82, 2.24) is 24.5 Å². The van der Waals surface area contributed by atoms with E-state index in [1.807, 2.05) is 31.2 Å². The number of halogens is 4. The lowest BCUT2D eigenvalue weighted by molar-refractivity contribution is -0.141. The number of carbonyl (C=O) groups is 1. The van der Waals surface area contributed by atoms with Crippen molar-refractivity contribution in [3.63, 3.8) is 0 Å². The molecular weight excluding hydrogens is 397 g/mol. The molecule has 2 aromatic heterocycles. The van der Waals surface area contributed by atoms with Gasteiger partial charge in [-0.3, -0.25) is 14.8 Å². The molecule has 28 heavy (non-hydrogen) atoms. The van der Waals surface area contributed by atoms with Gasteiger partial charge in [0.25, 0.3) is 0 Å². The van der Waals surface area contributed by atoms with Gasteiger partial charge >= 0.3 is 6.18 Å². The van der Waals surface area contributed by atoms with Gasteiger partial charge in [0.1, 0.15) is 12.9 Å². The number of aromatic nitrogens is 5. The van der Waals surface area contributed by atoms with Gasteiger partial charge in [-0.25, -0.2) is 9.67 Å². The number of alkyl halides is 3. The summed E-state index contributed by atoms with van der Waals surface area (Å²) in [5, 5.41) is 9.45. The summed E-state index contributed by atoms with van der Waals surface area (Å²) in [6.07, 6.45) is -3.24. The number of hydrogen-bond donors (Lipinski definition) is 1. The summed E-state index contributed by atoms with van der Waals surface area (Å²) < 4.78 is 41.0. The van der Waals surface area contributed by atoms with Crippen molar-refractivity contribution in [2.45, 2.75) is 33.1 Å². The maximum Gasteiger partial charge on any atom is 0.436 e. The Bertz CT molecular complexity index is 1010. The number of aryl methyl sites for hydroxylation is 1. The third-order valence-electron chi connectivity index (χ3n) is 4.08. The van der Waals surface area contributed by atoms with Crippen molar-refractivity contribution < 1.29 is 18.0 Å². The molecule has 0 bridgehead atoms. The van der Waals surface area contributed by atoms with Gasteiger partial charge in [0.15, 0.2) is 5.69 Å². The van der Waals surface area contributed by atoms with E-state index in [2.05, 4.69) is 20.5 Å². The fourth-order valence-electron chi connectivity index (χ4n) is 2.55. The Hall–Kier alpha value is -2.88. The minimum atomic E-state index is -4.69. The van der Waals surface area contributed by atoms with E-state index in [0.717, 1.165) is 15.8 Å². The summed E-state index contributed by atoms with van der Waals surface area (Å²) in [5.74, 6) is -0.574. The standard InChI is InChI=1S/C17H16ClF3N6O/c1-10-5-3-4-6-12(10)7-26-9-22-16(25-26)23-13(28)8-27-11(2)14(18)15(24-27)17(19,20)21/h3-6,9H,7-8H2,1-2H3,(H,23,25,28). The second-order valence-corrected chi connectivity index (χ2v) is 6.52. The van der Waals surface area contributed by atoms with Crippen LogP contribution in [0.1, 0.15) is 22.5 Å². The fraction of sp³-hybridized carbons (Fsp3) is 0.294. The number of anilines is 1. The van der Waals surface area contributed by atoms with Gasteiger partial charge in [-0.05, 0) is 25.0 Å². The van der Waals surface area contributed by atoms with Crippen LogP contribution in [-0.2, 0) is 24.1 Å². The Balaban J connectivity index is 1.66. The van der Waals surface area contributed by atoms with E-state index in [0.29, 0.717) is 6.54 Å². The van der Waals surface area contributed by atoms with E-state index >= 15 is 0 Å². The van der Waals surface area contributed by atoms with Crippen LogP contribution in [0.4, 0.5) is 19.1 Å². The van der Waals surface area contributed by atoms with E-state index < -0.39 is 29.3 Å². The molecule has 0 saturated heterocycles. The maximum absolute atomic E-state index is 12.9. The normalized spacial score (nSPS) is 11.6. The van der Waals surface area contributed by atoms with Gasteiger partial charge in [-0.15, -0.1) is 5.10 Å². The molecule has 0 spiro atoms. The number of benzene rings is 1. The van der Waals surface area contributed by atoms with Crippen LogP contribution in [0, 0.1) is 13.8 Å². The number of nitrogens with one attached hydrogen (secondary N) is 1. The monoisotopic (exact) mass is 412 g/mol. The van der Waals surface area contributed by atoms with Crippen molar-refractivity contribution in [2.75, 3.05) is 5.32 Å². The zero-order chi connectivity index (χ0) is 20.5. The van der Waals surface area contributed by atoms with Crippen LogP contribution < -0.4 is 5.32 Å². The first kappa shape index (κ1) is 19.9. The Labute approximate surface area is 163 Å². The molecule has 0 saturated carbocycles. The highest BCUT2D eigenvalue weighted by molar-refractivity contribution is 6.32. The first-order chi connectivity index (χ1) is 13.1. The van der Waals surface area contributed by atoms with E-state index in [1.54, 1.807) is 4.68 Å². The molecular formula is C17H16ClF3N6O. The number of amides is 1. The molecule has 3 rings (SSSR count). The number of nitrogens with zero attached hydrogens (tertiary/aromatic N) is 5. The molecule has 1 N–H and O–H groups in total. The number of carbonyl (C=O) groups excluding carboxylic acids is 1. The second kappa shape index (κ2) is 7.63. The summed E-state index contributed by atoms with van der Waals surface area (Å²) in [7, 11) is 0. The van der Waals surface area contributed by atoms with Crippen molar-refractivity contribution in [3.8, 4) is 0 Å². The highest BCUT2D eigenvalue weighted by atomic mass is 35.5. The zero-order valence-electron chi connectivity index (χ0n) is 15.0. The molecule has 0 aliphatic rings. The van der Waals surface area contributed by atoms with Crippen LogP contribution in [0.3, 0.4) is 0 Å². The van der Waals surface area contributed by atoms with Crippen LogP contribution in [0.25, 0.3) is 0 Å². The molecule has 1 aromatic carbocycles. The molecule has 0 aliphatic carbocycles. The molecule has 0 unspecified atom stereocenters. The quantitative estimate of drug-likeness (QED) is 0.696. The summed E-state index contributed by atoms with van der Waals surface area (Å²) in [6, 6.07) is 7.77. The van der Waals surface area contributed by atoms with Crippen molar-refractivity contribution in [2.24, 2.45) is 0 Å². The Kier molecular flexibility index (Phi) is 5.41. The summed E-state index contributed by atoms with van der Waals surface area (Å²) in [4.78, 5) is 16.1. The van der Waals surface area contributed by atoms with E-state index in [4.69, 9.17) is 11.6 Å². The molecule has 0 atom stereocenters. The van der Waals surface area contributed by atoms with Crippen LogP contribution in [0.15, 0.2) is 30.6 Å². The Morgan fingerprint density at radius 2 is 1.93 bits per heavy atom. The van der Waals surface area contributed by atoms with Gasteiger partial charge in [-0.1, -0.05) is 35.9 Å². The molecule has 1 amide bonds. The molecule has 0 aliphatic heterocycles. The first-order valence-electron chi connectivity index (χ1n) is 8.19. The summed E-state index contributed by atoms with van der Waals surface area (Å²) >= 11 is 5.67. The highest BCUT2D eigenvalue weighted by Crippen LogP contribution is 2.35. The lowest BCUT2D eigenvalue weighted by Gasteiger charge is -2.05. The van der Waals surface area contributed by atoms with Crippen LogP contribution in [0.5, 0.6) is 0 Å². The highest BCUT2D eigenvalue weighted by Gasteiger charge is 2.38. The van der Waals surface area contributed by atoms with Gasteiger partial charge in [0.2, 0.25) is 11.9 Å². The number of hydrogen-bond acceptors (Lipinski definition) is 4. The van der Waals surface area contributed by atoms with Crippen molar-refractivity contribution >= 4 is 23.5 Å². The van der Waals surface area contributed by atoms with Gasteiger partial charge in [0.05, 0.1) is 17.3 Å². The molecule has 0 fully saturated rings. The van der Waals surface area contributed by atoms with Gasteiger partial charge in [-0.2, -0.15) is 18.3 Å². The first-order valence-corrected chi connectivity index (χ1v) is 8.57.